The van der Waals surface area contributed by atoms with Crippen molar-refractivity contribution < 1.29 is 13.2 Å². The summed E-state index contributed by atoms with van der Waals surface area (Å²) in [7, 11) is -3.19. The number of carbonyl (C=O) groups is 1. The fraction of sp³-hybridized carbons (Fsp3) is 0.308. The van der Waals surface area contributed by atoms with Gasteiger partial charge in [-0.05, 0) is 43.0 Å². The van der Waals surface area contributed by atoms with Gasteiger partial charge in [-0.15, -0.1) is 11.3 Å². The van der Waals surface area contributed by atoms with E-state index in [2.05, 4.69) is 0 Å². The monoisotopic (exact) mass is 282 g/mol. The highest BCUT2D eigenvalue weighted by molar-refractivity contribution is 7.91. The first-order chi connectivity index (χ1) is 8.25. The van der Waals surface area contributed by atoms with E-state index in [0.717, 1.165) is 21.9 Å². The SMILES string of the molecule is CC(C)(c1ccc2sc(C=O)cc2c1)S(C)(=O)=O. The number of fused-ring (bicyclic) bond motifs is 1. The minimum absolute atomic E-state index is 0.652. The molecule has 0 aliphatic rings. The van der Waals surface area contributed by atoms with E-state index in [1.165, 1.54) is 17.6 Å². The maximum absolute atomic E-state index is 11.8. The maximum atomic E-state index is 11.8. The van der Waals surface area contributed by atoms with Gasteiger partial charge in [0.05, 0.1) is 9.62 Å². The highest BCUT2D eigenvalue weighted by Crippen LogP contribution is 2.33. The predicted octanol–water partition coefficient (Wildman–Crippen LogP) is 2.99. The normalized spacial score (nSPS) is 12.8. The van der Waals surface area contributed by atoms with E-state index < -0.39 is 14.6 Å². The van der Waals surface area contributed by atoms with Gasteiger partial charge in [-0.25, -0.2) is 8.42 Å². The minimum atomic E-state index is -3.19. The molecule has 1 aromatic heterocycles. The van der Waals surface area contributed by atoms with Crippen LogP contribution >= 0.6 is 11.3 Å². The van der Waals surface area contributed by atoms with Crippen molar-refractivity contribution in [2.45, 2.75) is 18.6 Å². The molecule has 0 aliphatic heterocycles. The molecule has 0 spiro atoms. The summed E-state index contributed by atoms with van der Waals surface area (Å²) in [6, 6.07) is 7.32. The molecule has 2 aromatic rings. The number of rotatable bonds is 3. The summed E-state index contributed by atoms with van der Waals surface area (Å²) < 4.78 is 23.7. The van der Waals surface area contributed by atoms with Gasteiger partial charge >= 0.3 is 0 Å². The van der Waals surface area contributed by atoms with Gasteiger partial charge < -0.3 is 0 Å². The van der Waals surface area contributed by atoms with Crippen LogP contribution < -0.4 is 0 Å². The summed E-state index contributed by atoms with van der Waals surface area (Å²) in [6.45, 7) is 3.38. The first-order valence-corrected chi connectivity index (χ1v) is 8.15. The first kappa shape index (κ1) is 13.2. The number of carbonyl (C=O) groups excluding carboxylic acids is 1. The molecule has 0 saturated carbocycles. The molecule has 0 atom stereocenters. The zero-order valence-corrected chi connectivity index (χ0v) is 12.1. The van der Waals surface area contributed by atoms with Crippen molar-refractivity contribution in [1.29, 1.82) is 0 Å². The summed E-state index contributed by atoms with van der Waals surface area (Å²) in [5.41, 5.74) is 0.743. The molecule has 0 aliphatic carbocycles. The molecule has 1 aromatic carbocycles. The van der Waals surface area contributed by atoms with E-state index in [0.29, 0.717) is 4.88 Å². The average molecular weight is 282 g/mol. The van der Waals surface area contributed by atoms with Crippen LogP contribution in [0.3, 0.4) is 0 Å². The quantitative estimate of drug-likeness (QED) is 0.813. The largest absolute Gasteiger partial charge is 0.297 e. The van der Waals surface area contributed by atoms with Crippen molar-refractivity contribution in [3.8, 4) is 0 Å². The van der Waals surface area contributed by atoms with E-state index in [1.807, 2.05) is 18.2 Å². The van der Waals surface area contributed by atoms with Crippen molar-refractivity contribution in [3.05, 3.63) is 34.7 Å². The van der Waals surface area contributed by atoms with Gasteiger partial charge in [-0.2, -0.15) is 0 Å². The lowest BCUT2D eigenvalue weighted by molar-refractivity contribution is 0.112. The standard InChI is InChI=1S/C13H14O3S2/c1-13(2,18(3,15)16)10-4-5-12-9(6-10)7-11(8-14)17-12/h4-8H,1-3H3. The third-order valence-corrected chi connectivity index (χ3v) is 6.40. The van der Waals surface area contributed by atoms with Crippen LogP contribution in [0.25, 0.3) is 10.1 Å². The summed E-state index contributed by atoms with van der Waals surface area (Å²) in [5.74, 6) is 0. The summed E-state index contributed by atoms with van der Waals surface area (Å²) in [6.07, 6.45) is 2.05. The number of aldehydes is 1. The van der Waals surface area contributed by atoms with Gasteiger partial charge in [-0.3, -0.25) is 4.79 Å². The summed E-state index contributed by atoms with van der Waals surface area (Å²) >= 11 is 1.41. The van der Waals surface area contributed by atoms with Crippen molar-refractivity contribution in [3.63, 3.8) is 0 Å². The van der Waals surface area contributed by atoms with Crippen LogP contribution in [0.15, 0.2) is 24.3 Å². The molecule has 0 saturated heterocycles. The number of benzene rings is 1. The van der Waals surface area contributed by atoms with Gasteiger partial charge in [0.1, 0.15) is 0 Å². The van der Waals surface area contributed by atoms with Gasteiger partial charge in [0.15, 0.2) is 16.1 Å². The highest BCUT2D eigenvalue weighted by atomic mass is 32.2. The van der Waals surface area contributed by atoms with Crippen LogP contribution in [-0.4, -0.2) is 21.0 Å². The van der Waals surface area contributed by atoms with Crippen LogP contribution in [0, 0.1) is 0 Å². The lowest BCUT2D eigenvalue weighted by Crippen LogP contribution is -2.27. The smallest absolute Gasteiger partial charge is 0.160 e. The van der Waals surface area contributed by atoms with E-state index in [9.17, 15) is 13.2 Å². The van der Waals surface area contributed by atoms with Gasteiger partial charge in [0.2, 0.25) is 0 Å². The van der Waals surface area contributed by atoms with E-state index >= 15 is 0 Å². The molecule has 18 heavy (non-hydrogen) atoms. The van der Waals surface area contributed by atoms with Crippen molar-refractivity contribution >= 4 is 37.5 Å². The average Bonchev–Trinajstić information content (AvgIpc) is 2.68. The van der Waals surface area contributed by atoms with Crippen LogP contribution in [0.2, 0.25) is 0 Å². The molecular formula is C13H14O3S2. The molecule has 3 nitrogen and oxygen atoms in total. The van der Waals surface area contributed by atoms with Crippen molar-refractivity contribution in [2.24, 2.45) is 0 Å². The molecule has 96 valence electrons. The Bertz CT molecular complexity index is 709. The molecule has 5 heteroatoms. The van der Waals surface area contributed by atoms with Crippen LogP contribution in [0.1, 0.15) is 29.1 Å². The molecule has 1 heterocycles. The van der Waals surface area contributed by atoms with Crippen LogP contribution in [0.4, 0.5) is 0 Å². The molecule has 0 N–H and O–H groups in total. The maximum Gasteiger partial charge on any atom is 0.160 e. The van der Waals surface area contributed by atoms with Gasteiger partial charge in [-0.1, -0.05) is 6.07 Å². The fourth-order valence-electron chi connectivity index (χ4n) is 1.71. The topological polar surface area (TPSA) is 51.2 Å². The fourth-order valence-corrected chi connectivity index (χ4v) is 3.13. The van der Waals surface area contributed by atoms with E-state index in [-0.39, 0.29) is 0 Å². The zero-order valence-electron chi connectivity index (χ0n) is 10.4. The second-order valence-corrected chi connectivity index (χ2v) is 8.48. The highest BCUT2D eigenvalue weighted by Gasteiger charge is 2.32. The summed E-state index contributed by atoms with van der Waals surface area (Å²) in [4.78, 5) is 11.4. The Kier molecular flexibility index (Phi) is 3.07. The van der Waals surface area contributed by atoms with Crippen molar-refractivity contribution in [2.75, 3.05) is 6.26 Å². The molecule has 0 fully saturated rings. The number of hydrogen-bond donors (Lipinski definition) is 0. The third kappa shape index (κ3) is 2.08. The number of hydrogen-bond acceptors (Lipinski definition) is 4. The third-order valence-electron chi connectivity index (χ3n) is 3.27. The molecule has 0 radical (unpaired) electrons. The minimum Gasteiger partial charge on any atom is -0.297 e. The van der Waals surface area contributed by atoms with Gasteiger partial charge in [0, 0.05) is 11.0 Å². The lowest BCUT2D eigenvalue weighted by atomic mass is 10.0. The van der Waals surface area contributed by atoms with Crippen LogP contribution in [0.5, 0.6) is 0 Å². The van der Waals surface area contributed by atoms with Crippen LogP contribution in [-0.2, 0) is 14.6 Å². The number of sulfone groups is 1. The Labute approximate surface area is 110 Å². The zero-order chi connectivity index (χ0) is 13.6. The summed E-state index contributed by atoms with van der Waals surface area (Å²) in [5, 5.41) is 0.913. The Morgan fingerprint density at radius 1 is 1.22 bits per heavy atom. The Balaban J connectivity index is 2.63. The Morgan fingerprint density at radius 3 is 2.44 bits per heavy atom. The first-order valence-electron chi connectivity index (χ1n) is 5.44. The second kappa shape index (κ2) is 4.17. The molecular weight excluding hydrogens is 268 g/mol. The second-order valence-electron chi connectivity index (χ2n) is 4.80. The molecule has 2 rings (SSSR count). The Hall–Kier alpha value is -1.20. The van der Waals surface area contributed by atoms with E-state index in [1.54, 1.807) is 19.9 Å². The molecule has 0 amide bonds. The predicted molar refractivity (Wildman–Crippen MR) is 75.1 cm³/mol. The van der Waals surface area contributed by atoms with Crippen molar-refractivity contribution in [1.82, 2.24) is 0 Å². The number of thiophene rings is 1. The Morgan fingerprint density at radius 2 is 1.89 bits per heavy atom. The molecule has 0 bridgehead atoms. The molecule has 0 unspecified atom stereocenters. The van der Waals surface area contributed by atoms with Gasteiger partial charge in [0.25, 0.3) is 0 Å². The van der Waals surface area contributed by atoms with E-state index in [4.69, 9.17) is 0 Å². The lowest BCUT2D eigenvalue weighted by Gasteiger charge is -2.23.